The zero-order valence-electron chi connectivity index (χ0n) is 29.6. The molecule has 29 heteroatoms. The molecule has 6 N–H and O–H groups in total. The molecule has 0 saturated carbocycles. The van der Waals surface area contributed by atoms with Gasteiger partial charge in [-0.15, -0.1) is 29.9 Å². The molecule has 0 unspecified atom stereocenters. The average Bonchev–Trinajstić information content (AvgIpc) is 3.16. The van der Waals surface area contributed by atoms with Crippen LogP contribution in [0.25, 0.3) is 10.8 Å². The number of thiol groups is 1. The minimum Gasteiger partial charge on any atom is -0.505 e. The van der Waals surface area contributed by atoms with Gasteiger partial charge in [0.05, 0.1) is 54.8 Å². The van der Waals surface area contributed by atoms with E-state index in [1.54, 1.807) is 0 Å². The molecule has 0 saturated heterocycles. The van der Waals surface area contributed by atoms with Gasteiger partial charge in [0.15, 0.2) is 32.7 Å². The molecule has 5 aromatic rings. The molecule has 5 rings (SSSR count). The predicted molar refractivity (Wildman–Crippen MR) is 201 cm³/mol. The van der Waals surface area contributed by atoms with Crippen molar-refractivity contribution in [1.82, 2.24) is 0 Å². The summed E-state index contributed by atoms with van der Waals surface area (Å²) in [5, 5.41) is 101. The van der Waals surface area contributed by atoms with Crippen LogP contribution < -0.4 is 4.89 Å². The summed E-state index contributed by atoms with van der Waals surface area (Å²) in [5.41, 5.74) is -4.78. The first-order chi connectivity index (χ1) is 27.8. The van der Waals surface area contributed by atoms with Crippen LogP contribution in [-0.4, -0.2) is 69.1 Å². The van der Waals surface area contributed by atoms with Crippen molar-refractivity contribution in [3.8, 4) is 28.7 Å². The van der Waals surface area contributed by atoms with Crippen molar-refractivity contribution < 1.29 is 88.1 Å². The van der Waals surface area contributed by atoms with E-state index in [2.05, 4.69) is 53.0 Å². The minimum atomic E-state index is -5.00. The molecule has 0 aromatic heterocycles. The quantitative estimate of drug-likeness (QED) is 0.00801. The van der Waals surface area contributed by atoms with E-state index in [4.69, 9.17) is 9.99 Å². The van der Waals surface area contributed by atoms with Gasteiger partial charge in [-0.1, -0.05) is 0 Å². The van der Waals surface area contributed by atoms with E-state index in [1.165, 1.54) is 25.1 Å². The number of aromatic hydroxyl groups is 4. The summed E-state index contributed by atoms with van der Waals surface area (Å²) in [6, 6.07) is 9.36. The summed E-state index contributed by atoms with van der Waals surface area (Å²) in [6.07, 6.45) is 0. The third-order valence-corrected chi connectivity index (χ3v) is 10.4. The number of nitro benzene ring substituents is 2. The zero-order chi connectivity index (χ0) is 43.4. The molecule has 25 nitrogen and oxygen atoms in total. The number of aliphatic hydroxyl groups is 1. The molecule has 316 valence electrons. The van der Waals surface area contributed by atoms with Crippen molar-refractivity contribution in [1.29, 1.82) is 0 Å². The monoisotopic (exact) mass is 932 g/mol. The van der Waals surface area contributed by atoms with Gasteiger partial charge < -0.3 is 30.4 Å². The third-order valence-electron chi connectivity index (χ3n) is 7.79. The summed E-state index contributed by atoms with van der Waals surface area (Å²) < 4.78 is 63.4. The van der Waals surface area contributed by atoms with E-state index >= 15 is 0 Å². The Morgan fingerprint density at radius 3 is 1.97 bits per heavy atom. The second-order valence-corrected chi connectivity index (χ2v) is 15.2. The maximum atomic E-state index is 12.4. The van der Waals surface area contributed by atoms with Gasteiger partial charge in [-0.05, 0) is 71.4 Å². The number of phenolic OH excluding ortho intramolecular Hbond substituents is 4. The fourth-order valence-electron chi connectivity index (χ4n) is 5.01. The minimum absolute atomic E-state index is 0. The number of non-ortho nitro benzene ring substituents is 1. The Balaban J connectivity index is 0.00000794. The van der Waals surface area contributed by atoms with E-state index in [1.807, 2.05) is 0 Å². The number of hydrogen-bond donors (Lipinski definition) is 7. The van der Waals surface area contributed by atoms with Crippen molar-refractivity contribution in [2.24, 2.45) is 30.7 Å². The molecule has 0 bridgehead atoms. The molecular weight excluding hydrogens is 908 g/mol. The molecule has 0 aliphatic carbocycles. The van der Waals surface area contributed by atoms with Crippen LogP contribution >= 0.6 is 12.9 Å². The molecule has 0 fully saturated rings. The maximum Gasteiger partial charge on any atom is 0.319 e. The SMILES string of the molecule is Cc1cc(S(=O)(=O)CCO)ccc1N=Nc1c(OOOS)cc2cc(S(=O)(=O)O)cc(N=Nc3ccc(O)c(N=Nc4cc([N+](=O)[O-])cc([N+](=O)[O-])c4O)c3O)c2c1O.[Fe]. The summed E-state index contributed by atoms with van der Waals surface area (Å²) in [5.74, 6) is -4.78. The number of aryl methyl sites for hydroxylation is 1. The summed E-state index contributed by atoms with van der Waals surface area (Å²) in [7, 11) is -8.83. The van der Waals surface area contributed by atoms with Gasteiger partial charge in [0.2, 0.25) is 11.5 Å². The number of benzene rings is 5. The van der Waals surface area contributed by atoms with Gasteiger partial charge in [-0.25, -0.2) is 8.42 Å². The number of sulfone groups is 1. The smallest absolute Gasteiger partial charge is 0.319 e. The number of fused-ring (bicyclic) bond motifs is 1. The van der Waals surface area contributed by atoms with Gasteiger partial charge in [0.25, 0.3) is 15.8 Å². The second-order valence-electron chi connectivity index (χ2n) is 11.6. The molecular formula is C31H24FeN8O17S3. The number of aliphatic hydroxyl groups excluding tert-OH is 1. The van der Waals surface area contributed by atoms with E-state index < -0.39 is 116 Å². The van der Waals surface area contributed by atoms with Crippen LogP contribution in [-0.2, 0) is 46.4 Å². The molecule has 0 spiro atoms. The molecule has 0 heterocycles. The number of azo groups is 3. The molecule has 0 amide bonds. The Hall–Kier alpha value is -6.43. The van der Waals surface area contributed by atoms with E-state index in [0.717, 1.165) is 30.3 Å². The Bertz CT molecular complexity index is 2860. The molecule has 0 aliphatic rings. The summed E-state index contributed by atoms with van der Waals surface area (Å²) >= 11 is 3.39. The van der Waals surface area contributed by atoms with Crippen LogP contribution in [0.1, 0.15) is 5.56 Å². The van der Waals surface area contributed by atoms with Crippen LogP contribution in [0.4, 0.5) is 45.5 Å². The van der Waals surface area contributed by atoms with E-state index in [-0.39, 0.29) is 44.0 Å². The normalized spacial score (nSPS) is 12.1. The fourth-order valence-corrected chi connectivity index (χ4v) is 6.69. The standard InChI is InChI=1S/C31H24N8O17S3.Fe/c1-14-8-17(58(49,50)7-6-40)2-3-19(14)32-37-28-25(54-55-56-57)10-15-9-18(59(51,52)53)13-21(26(15)31(28)44)34-33-20-4-5-24(41)27(30(20)43)36-35-22-11-16(38(45)46)12-23(29(22)42)39(47)48;/h2-5,8-13,40-44,57H,6-7H2,1H3,(H,51,52,53);. The van der Waals surface area contributed by atoms with Crippen LogP contribution in [0.15, 0.2) is 101 Å². The second kappa shape index (κ2) is 18.7. The zero-order valence-corrected chi connectivity index (χ0v) is 33.2. The first kappa shape index (κ1) is 46.3. The molecule has 0 aliphatic heterocycles. The number of phenols is 4. The number of nitro groups is 2. The largest absolute Gasteiger partial charge is 0.505 e. The van der Waals surface area contributed by atoms with Crippen molar-refractivity contribution in [3.63, 3.8) is 0 Å². The van der Waals surface area contributed by atoms with Gasteiger partial charge in [0.1, 0.15) is 17.1 Å². The molecule has 0 radical (unpaired) electrons. The molecule has 0 atom stereocenters. The van der Waals surface area contributed by atoms with Gasteiger partial charge in [0, 0.05) is 36.0 Å². The topological polar surface area (TPSA) is 378 Å². The van der Waals surface area contributed by atoms with Crippen LogP contribution in [0, 0.1) is 27.2 Å². The van der Waals surface area contributed by atoms with Crippen LogP contribution in [0.5, 0.6) is 28.7 Å². The Kier molecular flexibility index (Phi) is 14.4. The predicted octanol–water partition coefficient (Wildman–Crippen LogP) is 7.13. The summed E-state index contributed by atoms with van der Waals surface area (Å²) in [4.78, 5) is 24.5. The van der Waals surface area contributed by atoms with E-state index in [0.29, 0.717) is 12.1 Å². The van der Waals surface area contributed by atoms with Crippen molar-refractivity contribution in [2.75, 3.05) is 12.4 Å². The Morgan fingerprint density at radius 2 is 1.35 bits per heavy atom. The summed E-state index contributed by atoms with van der Waals surface area (Å²) in [6.45, 7) is 0.876. The maximum absolute atomic E-state index is 12.4. The van der Waals surface area contributed by atoms with Crippen molar-refractivity contribution in [2.45, 2.75) is 16.7 Å². The number of rotatable bonds is 15. The number of nitrogens with zero attached hydrogens (tertiary/aromatic N) is 8. The van der Waals surface area contributed by atoms with Gasteiger partial charge in [-0.2, -0.15) is 13.5 Å². The van der Waals surface area contributed by atoms with Crippen molar-refractivity contribution >= 4 is 89.1 Å². The first-order valence-corrected chi connectivity index (χ1v) is 19.1. The van der Waals surface area contributed by atoms with Gasteiger partial charge in [-0.3, -0.25) is 24.8 Å². The van der Waals surface area contributed by atoms with E-state index in [9.17, 15) is 62.0 Å². The average molecular weight is 933 g/mol. The number of hydrogen-bond acceptors (Lipinski definition) is 23. The Labute approximate surface area is 350 Å². The third kappa shape index (κ3) is 10.0. The fraction of sp³-hybridized carbons (Fsp3) is 0.0968. The van der Waals surface area contributed by atoms with Crippen LogP contribution in [0.3, 0.4) is 0 Å². The van der Waals surface area contributed by atoms with Crippen LogP contribution in [0.2, 0.25) is 0 Å². The molecule has 60 heavy (non-hydrogen) atoms. The first-order valence-electron chi connectivity index (χ1n) is 15.6. The van der Waals surface area contributed by atoms with Gasteiger partial charge >= 0.3 is 5.69 Å². The van der Waals surface area contributed by atoms with Crippen molar-refractivity contribution in [3.05, 3.63) is 86.5 Å². The Morgan fingerprint density at radius 1 is 0.717 bits per heavy atom. The molecule has 5 aromatic carbocycles.